The van der Waals surface area contributed by atoms with Crippen molar-refractivity contribution in [2.24, 2.45) is 0 Å². The van der Waals surface area contributed by atoms with Crippen LogP contribution in [0.1, 0.15) is 94.9 Å². The number of hydrogen-bond acceptors (Lipinski definition) is 15. The Balaban J connectivity index is 0.000000149. The molecule has 4 atom stereocenters. The third-order valence-electron chi connectivity index (χ3n) is 15.5. The van der Waals surface area contributed by atoms with Crippen LogP contribution in [0.3, 0.4) is 0 Å². The number of nitro benzene ring substituents is 1. The molecule has 0 spiro atoms. The molecule has 4 aliphatic heterocycles. The molecule has 4 amide bonds. The fourth-order valence-electron chi connectivity index (χ4n) is 10.6. The summed E-state index contributed by atoms with van der Waals surface area (Å²) in [5, 5.41) is 65.5. The highest BCUT2D eigenvalue weighted by atomic mass is 127. The summed E-state index contributed by atoms with van der Waals surface area (Å²) in [5.74, 6) is -4.04. The van der Waals surface area contributed by atoms with Gasteiger partial charge in [0.15, 0.2) is 45.5 Å². The molecule has 8 aromatic carbocycles. The van der Waals surface area contributed by atoms with E-state index in [0.717, 1.165) is 9.13 Å². The average molecular weight is 1560 g/mol. The van der Waals surface area contributed by atoms with Crippen molar-refractivity contribution in [2.45, 2.75) is 55.0 Å². The lowest BCUT2D eigenvalue weighted by atomic mass is 9.88. The van der Waals surface area contributed by atoms with E-state index < -0.39 is 88.2 Å². The van der Waals surface area contributed by atoms with Crippen LogP contribution in [0.5, 0.6) is 5.75 Å². The standard InChI is InChI=1S/C17H13Cl2NO4.C17H13Cl2NO3.C16H10Cl2INO3.C16H10Cl2N2O5/c1-24-10-4-2-9(3-5-10)13(21)8-17(23)14-11(18)6-7-12(19)15(14)20-16(17)22;1-9-2-4-10(5-3-9)13(21)8-17(23)14-11(18)6-7-12(19)15(14)20-16(17)22;17-10-5-6-11(18)14-13(10)16(23,15(22)20-14)7-12(21)8-1-3-9(19)4-2-8;17-10-5-6-11(18)14-13(10)16(23,15(22)19-14)7-12(21)8-1-3-9(4-2-8)20(24)25/h2-7,23H,8H2,1H3,(H,20,22);2-7,23H,8H2,1H3,(H,20,22);1-6,23H,7H2,(H,20,22);1-6,23H,7H2,(H,19,22). The van der Waals surface area contributed by atoms with Gasteiger partial charge in [0.25, 0.3) is 29.3 Å². The first kappa shape index (κ1) is 71.7. The molecular formula is C66H46Cl8IN5O15. The van der Waals surface area contributed by atoms with E-state index in [4.69, 9.17) is 97.5 Å². The van der Waals surface area contributed by atoms with Gasteiger partial charge in [-0.2, -0.15) is 0 Å². The number of amides is 4. The van der Waals surface area contributed by atoms with Crippen molar-refractivity contribution in [1.29, 1.82) is 0 Å². The monoisotopic (exact) mass is 1550 g/mol. The summed E-state index contributed by atoms with van der Waals surface area (Å²) in [5.41, 5.74) is -4.76. The van der Waals surface area contributed by atoms with Gasteiger partial charge in [-0.25, -0.2) is 0 Å². The van der Waals surface area contributed by atoms with E-state index in [1.165, 1.54) is 79.9 Å². The zero-order valence-corrected chi connectivity index (χ0v) is 57.0. The number of nitrogens with zero attached hydrogens (tertiary/aromatic N) is 1. The van der Waals surface area contributed by atoms with Gasteiger partial charge in [-0.1, -0.05) is 135 Å². The third-order valence-corrected chi connectivity index (χ3v) is 18.8. The lowest BCUT2D eigenvalue weighted by molar-refractivity contribution is -0.384. The van der Waals surface area contributed by atoms with Crippen molar-refractivity contribution in [3.63, 3.8) is 0 Å². The van der Waals surface area contributed by atoms with Gasteiger partial charge in [-0.3, -0.25) is 48.5 Å². The van der Waals surface area contributed by atoms with Crippen LogP contribution in [0.15, 0.2) is 146 Å². The number of nitro groups is 1. The number of halogens is 9. The highest BCUT2D eigenvalue weighted by Crippen LogP contribution is 2.51. The minimum Gasteiger partial charge on any atom is -0.497 e. The van der Waals surface area contributed by atoms with Crippen molar-refractivity contribution < 1.29 is 68.4 Å². The summed E-state index contributed by atoms with van der Waals surface area (Å²) in [7, 11) is 1.52. The van der Waals surface area contributed by atoms with Crippen LogP contribution in [0.25, 0.3) is 0 Å². The lowest BCUT2D eigenvalue weighted by Crippen LogP contribution is -2.36. The zero-order chi connectivity index (χ0) is 69.4. The first-order chi connectivity index (χ1) is 44.7. The highest BCUT2D eigenvalue weighted by Gasteiger charge is 2.53. The minimum absolute atomic E-state index is 0.0435. The topological polar surface area (TPSA) is 318 Å². The van der Waals surface area contributed by atoms with Crippen molar-refractivity contribution in [2.75, 3.05) is 28.4 Å². The lowest BCUT2D eigenvalue weighted by Gasteiger charge is -2.21. The maximum absolute atomic E-state index is 12.5. The fraction of sp³-hybridized carbons (Fsp3) is 0.152. The van der Waals surface area contributed by atoms with Crippen LogP contribution in [0, 0.1) is 20.6 Å². The van der Waals surface area contributed by atoms with E-state index in [0.29, 0.717) is 22.4 Å². The van der Waals surface area contributed by atoms with E-state index in [9.17, 15) is 68.9 Å². The number of rotatable bonds is 14. The van der Waals surface area contributed by atoms with Gasteiger partial charge >= 0.3 is 0 Å². The Morgan fingerprint density at radius 1 is 0.411 bits per heavy atom. The molecule has 0 saturated carbocycles. The Bertz CT molecular complexity index is 4390. The molecule has 0 saturated heterocycles. The van der Waals surface area contributed by atoms with Crippen molar-refractivity contribution in [3.8, 4) is 5.75 Å². The molecule has 8 aromatic rings. The van der Waals surface area contributed by atoms with Gasteiger partial charge in [0.2, 0.25) is 0 Å². The van der Waals surface area contributed by atoms with Crippen LogP contribution in [0.4, 0.5) is 28.4 Å². The summed E-state index contributed by atoms with van der Waals surface area (Å²) in [6.07, 6.45) is -1.84. The van der Waals surface area contributed by atoms with Crippen molar-refractivity contribution >= 4 is 191 Å². The Labute approximate surface area is 593 Å². The Kier molecular flexibility index (Phi) is 21.6. The Morgan fingerprint density at radius 3 is 0.895 bits per heavy atom. The number of anilines is 4. The first-order valence-corrected chi connectivity index (χ1v) is 31.8. The molecule has 0 aromatic heterocycles. The molecule has 0 bridgehead atoms. The minimum atomic E-state index is -2.17. The number of non-ortho nitro benzene ring substituents is 1. The number of Topliss-reactive ketones (excluding diaryl/α,β-unsaturated/α-hetero) is 4. The Morgan fingerprint density at radius 2 is 0.642 bits per heavy atom. The summed E-state index contributed by atoms with van der Waals surface area (Å²) in [6, 6.07) is 36.9. The molecule has 95 heavy (non-hydrogen) atoms. The molecule has 0 radical (unpaired) electrons. The number of aryl methyl sites for hydroxylation is 1. The number of benzene rings is 8. The molecule has 488 valence electrons. The number of ketones is 4. The van der Waals surface area contributed by atoms with Crippen LogP contribution >= 0.6 is 115 Å². The second-order valence-electron chi connectivity index (χ2n) is 21.7. The fourth-order valence-corrected chi connectivity index (χ4v) is 13.0. The van der Waals surface area contributed by atoms with E-state index in [1.54, 1.807) is 72.8 Å². The van der Waals surface area contributed by atoms with Gasteiger partial charge in [-0.15, -0.1) is 0 Å². The largest absolute Gasteiger partial charge is 0.497 e. The van der Waals surface area contributed by atoms with Gasteiger partial charge in [0.05, 0.1) is 80.6 Å². The molecule has 4 heterocycles. The van der Waals surface area contributed by atoms with Gasteiger partial charge in [0.1, 0.15) is 5.75 Å². The van der Waals surface area contributed by atoms with Crippen LogP contribution in [-0.2, 0) is 41.6 Å². The molecule has 4 aliphatic rings. The molecule has 29 heteroatoms. The number of hydrogen-bond donors (Lipinski definition) is 8. The number of nitrogens with one attached hydrogen (secondary N) is 4. The molecule has 20 nitrogen and oxygen atoms in total. The average Bonchev–Trinajstić information content (AvgIpc) is 1.63. The predicted octanol–water partition coefficient (Wildman–Crippen LogP) is 14.5. The van der Waals surface area contributed by atoms with E-state index in [2.05, 4.69) is 43.9 Å². The third kappa shape index (κ3) is 14.5. The van der Waals surface area contributed by atoms with E-state index in [1.807, 2.05) is 6.92 Å². The zero-order valence-electron chi connectivity index (χ0n) is 48.8. The first-order valence-electron chi connectivity index (χ1n) is 27.7. The number of ether oxygens (including phenoxy) is 1. The summed E-state index contributed by atoms with van der Waals surface area (Å²) in [6.45, 7) is 1.91. The highest BCUT2D eigenvalue weighted by molar-refractivity contribution is 14.1. The second kappa shape index (κ2) is 28.6. The van der Waals surface area contributed by atoms with Crippen molar-refractivity contribution in [1.82, 2.24) is 0 Å². The Hall–Kier alpha value is -7.59. The van der Waals surface area contributed by atoms with Gasteiger partial charge in [0, 0.05) is 80.3 Å². The van der Waals surface area contributed by atoms with Crippen LogP contribution < -0.4 is 26.0 Å². The number of carbonyl (C=O) groups excluding carboxylic acids is 8. The van der Waals surface area contributed by atoms with E-state index in [-0.39, 0.29) is 108 Å². The molecule has 0 fully saturated rings. The number of fused-ring (bicyclic) bond motifs is 4. The smallest absolute Gasteiger partial charge is 0.269 e. The molecular weight excluding hydrogens is 1510 g/mol. The molecule has 0 aliphatic carbocycles. The second-order valence-corrected chi connectivity index (χ2v) is 26.2. The van der Waals surface area contributed by atoms with Gasteiger partial charge in [-0.05, 0) is 127 Å². The summed E-state index contributed by atoms with van der Waals surface area (Å²) < 4.78 is 6.02. The maximum atomic E-state index is 12.5. The summed E-state index contributed by atoms with van der Waals surface area (Å²) in [4.78, 5) is 109. The van der Waals surface area contributed by atoms with Crippen LogP contribution in [-0.4, -0.2) is 79.2 Å². The van der Waals surface area contributed by atoms with E-state index >= 15 is 0 Å². The number of carbonyl (C=O) groups is 8. The predicted molar refractivity (Wildman–Crippen MR) is 368 cm³/mol. The maximum Gasteiger partial charge on any atom is 0.269 e. The van der Waals surface area contributed by atoms with Crippen LogP contribution in [0.2, 0.25) is 40.2 Å². The molecule has 12 rings (SSSR count). The number of aliphatic hydroxyl groups is 4. The quantitative estimate of drug-likeness (QED) is 0.0217. The molecule has 8 N–H and O–H groups in total. The number of methoxy groups -OCH3 is 1. The molecule has 4 unspecified atom stereocenters. The SMILES string of the molecule is COc1ccc(C(=O)CC2(O)C(=O)Nc3c(Cl)ccc(Cl)c32)cc1.Cc1ccc(C(=O)CC2(O)C(=O)Nc3c(Cl)ccc(Cl)c32)cc1.O=C(CC1(O)C(=O)Nc2c(Cl)ccc(Cl)c21)c1ccc(I)cc1.O=C(CC1(O)C(=O)Nc2c(Cl)ccc(Cl)c21)c1ccc([N+](=O)[O-])cc1. The van der Waals surface area contributed by atoms with Crippen molar-refractivity contribution in [3.05, 3.63) is 250 Å². The normalized spacial score (nSPS) is 19.1. The summed E-state index contributed by atoms with van der Waals surface area (Å²) >= 11 is 50.7. The van der Waals surface area contributed by atoms with Gasteiger partial charge < -0.3 is 46.4 Å².